The topological polar surface area (TPSA) is 73.2 Å². The van der Waals surface area contributed by atoms with Gasteiger partial charge in [-0.1, -0.05) is 36.4 Å². The van der Waals surface area contributed by atoms with Crippen LogP contribution in [0.1, 0.15) is 18.5 Å². The molecular weight excluding hydrogens is 386 g/mol. The number of fused-ring (bicyclic) bond motifs is 1. The van der Waals surface area contributed by atoms with Crippen molar-refractivity contribution in [3.63, 3.8) is 0 Å². The highest BCUT2D eigenvalue weighted by Gasteiger charge is 2.22. The SMILES string of the molecule is COc1ccc(S(=O)(=O)N[C@@H](C)c2ccc(-n3ccnc3)cc2)c2ccccc12. The van der Waals surface area contributed by atoms with E-state index in [4.69, 9.17) is 4.74 Å². The third-order valence-corrected chi connectivity index (χ3v) is 6.48. The lowest BCUT2D eigenvalue weighted by atomic mass is 10.1. The van der Waals surface area contributed by atoms with Crippen molar-refractivity contribution in [2.75, 3.05) is 7.11 Å². The number of nitrogens with zero attached hydrogens (tertiary/aromatic N) is 2. The van der Waals surface area contributed by atoms with Gasteiger partial charge in [0.1, 0.15) is 5.75 Å². The van der Waals surface area contributed by atoms with Crippen molar-refractivity contribution in [1.82, 2.24) is 14.3 Å². The molecule has 1 N–H and O–H groups in total. The maximum Gasteiger partial charge on any atom is 0.241 e. The number of hydrogen-bond donors (Lipinski definition) is 1. The van der Waals surface area contributed by atoms with Crippen LogP contribution in [0.15, 0.2) is 84.3 Å². The Hall–Kier alpha value is -3.16. The van der Waals surface area contributed by atoms with Crippen LogP contribution in [0.5, 0.6) is 5.75 Å². The van der Waals surface area contributed by atoms with Gasteiger partial charge in [-0.15, -0.1) is 0 Å². The van der Waals surface area contributed by atoms with Gasteiger partial charge < -0.3 is 9.30 Å². The molecule has 7 heteroatoms. The number of benzene rings is 3. The minimum Gasteiger partial charge on any atom is -0.496 e. The molecule has 4 aromatic rings. The Morgan fingerprint density at radius 3 is 2.38 bits per heavy atom. The molecule has 0 bridgehead atoms. The van der Waals surface area contributed by atoms with E-state index in [0.717, 1.165) is 16.6 Å². The predicted octanol–water partition coefficient (Wildman–Crippen LogP) is 4.07. The number of hydrogen-bond acceptors (Lipinski definition) is 4. The normalized spacial score (nSPS) is 12.8. The lowest BCUT2D eigenvalue weighted by Crippen LogP contribution is -2.27. The van der Waals surface area contributed by atoms with E-state index in [1.807, 2.05) is 60.2 Å². The predicted molar refractivity (Wildman–Crippen MR) is 113 cm³/mol. The number of methoxy groups -OCH3 is 1. The maximum atomic E-state index is 13.1. The van der Waals surface area contributed by atoms with Crippen LogP contribution in [0.2, 0.25) is 0 Å². The Labute approximate surface area is 169 Å². The standard InChI is InChI=1S/C22H21N3O3S/c1-16(17-7-9-18(10-8-17)25-14-13-23-15-25)24-29(26,27)22-12-11-21(28-2)19-5-3-4-6-20(19)22/h3-16,24H,1-2H3/t16-/m0/s1. The summed E-state index contributed by atoms with van der Waals surface area (Å²) in [5, 5.41) is 1.39. The maximum absolute atomic E-state index is 13.1. The summed E-state index contributed by atoms with van der Waals surface area (Å²) in [6.45, 7) is 1.83. The summed E-state index contributed by atoms with van der Waals surface area (Å²) in [6.07, 6.45) is 5.29. The molecular formula is C22H21N3O3S. The molecule has 4 rings (SSSR count). The minimum atomic E-state index is -3.73. The summed E-state index contributed by atoms with van der Waals surface area (Å²) in [7, 11) is -2.16. The molecule has 0 saturated heterocycles. The van der Waals surface area contributed by atoms with Crippen LogP contribution >= 0.6 is 0 Å². The molecule has 0 spiro atoms. The molecule has 29 heavy (non-hydrogen) atoms. The first-order valence-electron chi connectivity index (χ1n) is 9.16. The van der Waals surface area contributed by atoms with Crippen LogP contribution in [0.25, 0.3) is 16.5 Å². The number of aromatic nitrogens is 2. The highest BCUT2D eigenvalue weighted by atomic mass is 32.2. The van der Waals surface area contributed by atoms with Crippen molar-refractivity contribution in [2.45, 2.75) is 17.9 Å². The quantitative estimate of drug-likeness (QED) is 0.523. The molecule has 0 amide bonds. The molecule has 6 nitrogen and oxygen atoms in total. The van der Waals surface area contributed by atoms with E-state index < -0.39 is 16.1 Å². The lowest BCUT2D eigenvalue weighted by Gasteiger charge is -2.17. The highest BCUT2D eigenvalue weighted by molar-refractivity contribution is 7.89. The van der Waals surface area contributed by atoms with Gasteiger partial charge in [0.05, 0.1) is 18.3 Å². The first-order valence-corrected chi connectivity index (χ1v) is 10.6. The molecule has 148 valence electrons. The second kappa shape index (κ2) is 7.69. The molecule has 0 saturated carbocycles. The van der Waals surface area contributed by atoms with E-state index in [1.165, 1.54) is 0 Å². The fourth-order valence-electron chi connectivity index (χ4n) is 3.37. The van der Waals surface area contributed by atoms with Gasteiger partial charge in [-0.2, -0.15) is 0 Å². The van der Waals surface area contributed by atoms with Crippen molar-refractivity contribution in [3.05, 3.63) is 84.9 Å². The van der Waals surface area contributed by atoms with Gasteiger partial charge in [0, 0.05) is 34.9 Å². The van der Waals surface area contributed by atoms with Crippen molar-refractivity contribution < 1.29 is 13.2 Å². The third-order valence-electron chi connectivity index (χ3n) is 4.88. The smallest absolute Gasteiger partial charge is 0.241 e. The van der Waals surface area contributed by atoms with Crippen molar-refractivity contribution in [1.29, 1.82) is 0 Å². The molecule has 0 unspecified atom stereocenters. The van der Waals surface area contributed by atoms with Crippen LogP contribution < -0.4 is 9.46 Å². The lowest BCUT2D eigenvalue weighted by molar-refractivity contribution is 0.419. The number of imidazole rings is 1. The molecule has 3 aromatic carbocycles. The van der Waals surface area contributed by atoms with Gasteiger partial charge >= 0.3 is 0 Å². The van der Waals surface area contributed by atoms with E-state index in [-0.39, 0.29) is 4.90 Å². The van der Waals surface area contributed by atoms with Crippen LogP contribution in [-0.2, 0) is 10.0 Å². The summed E-state index contributed by atoms with van der Waals surface area (Å²) < 4.78 is 36.3. The van der Waals surface area contributed by atoms with Gasteiger partial charge in [0.15, 0.2) is 0 Å². The Balaban J connectivity index is 1.63. The largest absolute Gasteiger partial charge is 0.496 e. The third kappa shape index (κ3) is 3.74. The van der Waals surface area contributed by atoms with Gasteiger partial charge in [-0.3, -0.25) is 0 Å². The fraction of sp³-hybridized carbons (Fsp3) is 0.136. The summed E-state index contributed by atoms with van der Waals surface area (Å²) in [5.41, 5.74) is 1.83. The van der Waals surface area contributed by atoms with E-state index in [9.17, 15) is 8.42 Å². The summed E-state index contributed by atoms with van der Waals surface area (Å²) in [6, 6.07) is 17.9. The zero-order valence-electron chi connectivity index (χ0n) is 16.1. The molecule has 1 heterocycles. The average molecular weight is 407 g/mol. The zero-order chi connectivity index (χ0) is 20.4. The van der Waals surface area contributed by atoms with Gasteiger partial charge in [0.25, 0.3) is 0 Å². The number of nitrogens with one attached hydrogen (secondary N) is 1. The molecule has 1 atom stereocenters. The minimum absolute atomic E-state index is 0.232. The van der Waals surface area contributed by atoms with E-state index >= 15 is 0 Å². The summed E-state index contributed by atoms with van der Waals surface area (Å²) in [5.74, 6) is 0.641. The van der Waals surface area contributed by atoms with E-state index in [2.05, 4.69) is 9.71 Å². The molecule has 0 aliphatic rings. The molecule has 0 aliphatic carbocycles. The first kappa shape index (κ1) is 19.2. The number of sulfonamides is 1. The van der Waals surface area contributed by atoms with Crippen molar-refractivity contribution in [3.8, 4) is 11.4 Å². The second-order valence-electron chi connectivity index (χ2n) is 6.72. The van der Waals surface area contributed by atoms with Gasteiger partial charge in [-0.25, -0.2) is 18.1 Å². The van der Waals surface area contributed by atoms with Crippen LogP contribution in [0, 0.1) is 0 Å². The monoisotopic (exact) mass is 407 g/mol. The Morgan fingerprint density at radius 1 is 1.00 bits per heavy atom. The molecule has 1 aromatic heterocycles. The van der Waals surface area contributed by atoms with E-state index in [1.54, 1.807) is 37.8 Å². The van der Waals surface area contributed by atoms with Gasteiger partial charge in [-0.05, 0) is 36.8 Å². The van der Waals surface area contributed by atoms with Crippen LogP contribution in [0.3, 0.4) is 0 Å². The zero-order valence-corrected chi connectivity index (χ0v) is 16.9. The second-order valence-corrected chi connectivity index (χ2v) is 8.40. The Bertz CT molecular complexity index is 1230. The Kier molecular flexibility index (Phi) is 5.08. The highest BCUT2D eigenvalue weighted by Crippen LogP contribution is 2.31. The van der Waals surface area contributed by atoms with Crippen molar-refractivity contribution in [2.24, 2.45) is 0 Å². The summed E-state index contributed by atoms with van der Waals surface area (Å²) >= 11 is 0. The fourth-order valence-corrected chi connectivity index (χ4v) is 4.81. The van der Waals surface area contributed by atoms with Gasteiger partial charge in [0.2, 0.25) is 10.0 Å². The number of ether oxygens (including phenoxy) is 1. The van der Waals surface area contributed by atoms with Crippen molar-refractivity contribution >= 4 is 20.8 Å². The van der Waals surface area contributed by atoms with Crippen LogP contribution in [0.4, 0.5) is 0 Å². The molecule has 0 radical (unpaired) electrons. The average Bonchev–Trinajstić information content (AvgIpc) is 3.27. The summed E-state index contributed by atoms with van der Waals surface area (Å²) in [4.78, 5) is 4.27. The molecule has 0 fully saturated rings. The molecule has 0 aliphatic heterocycles. The van der Waals surface area contributed by atoms with E-state index in [0.29, 0.717) is 11.1 Å². The Morgan fingerprint density at radius 2 is 1.72 bits per heavy atom. The number of rotatable bonds is 6. The van der Waals surface area contributed by atoms with Crippen LogP contribution in [-0.4, -0.2) is 25.1 Å². The first-order chi connectivity index (χ1) is 14.0.